The molecule has 0 unspecified atom stereocenters. The van der Waals surface area contributed by atoms with E-state index in [1.165, 1.54) is 30.7 Å². The molecular weight excluding hydrogens is 362 g/mol. The van der Waals surface area contributed by atoms with Crippen LogP contribution in [0.15, 0.2) is 27.7 Å². The van der Waals surface area contributed by atoms with Gasteiger partial charge in [0.2, 0.25) is 5.09 Å². The Labute approximate surface area is 149 Å². The van der Waals surface area contributed by atoms with E-state index in [2.05, 4.69) is 15.1 Å². The van der Waals surface area contributed by atoms with E-state index in [0.717, 1.165) is 15.7 Å². The first kappa shape index (κ1) is 18.0. The summed E-state index contributed by atoms with van der Waals surface area (Å²) in [4.78, 5) is 20.4. The second-order valence-corrected chi connectivity index (χ2v) is 7.85. The molecule has 10 nitrogen and oxygen atoms in total. The summed E-state index contributed by atoms with van der Waals surface area (Å²) in [6, 6.07) is 4.54. The normalized spacial score (nSPS) is 12.0. The third kappa shape index (κ3) is 3.30. The molecule has 3 aromatic heterocycles. The summed E-state index contributed by atoms with van der Waals surface area (Å²) in [6.07, 6.45) is 0. The lowest BCUT2D eigenvalue weighted by Crippen LogP contribution is -2.21. The molecule has 0 bridgehead atoms. The molecule has 11 heteroatoms. The SMILES string of the molecule is Cc1cc(C)n2nc(C(=O)OCc3ccc(S(=O)(=O)N(C)C)o3)nc2n1. The lowest BCUT2D eigenvalue weighted by atomic mass is 10.4. The van der Waals surface area contributed by atoms with Crippen LogP contribution in [0.5, 0.6) is 0 Å². The molecule has 0 aliphatic rings. The van der Waals surface area contributed by atoms with Gasteiger partial charge < -0.3 is 9.15 Å². The number of ether oxygens (including phenoxy) is 1. The maximum absolute atomic E-state index is 12.1. The zero-order chi connectivity index (χ0) is 19.1. The summed E-state index contributed by atoms with van der Waals surface area (Å²) >= 11 is 0. The lowest BCUT2D eigenvalue weighted by molar-refractivity contribution is 0.0426. The Hall–Kier alpha value is -2.79. The van der Waals surface area contributed by atoms with Crippen molar-refractivity contribution in [3.8, 4) is 0 Å². The van der Waals surface area contributed by atoms with Gasteiger partial charge in [-0.05, 0) is 32.0 Å². The van der Waals surface area contributed by atoms with Crippen molar-refractivity contribution in [2.75, 3.05) is 14.1 Å². The van der Waals surface area contributed by atoms with Crippen molar-refractivity contribution in [2.24, 2.45) is 0 Å². The second-order valence-electron chi connectivity index (χ2n) is 5.77. The predicted molar refractivity (Wildman–Crippen MR) is 89.0 cm³/mol. The minimum absolute atomic E-state index is 0.140. The van der Waals surface area contributed by atoms with E-state index in [1.807, 2.05) is 19.9 Å². The van der Waals surface area contributed by atoms with Crippen LogP contribution < -0.4 is 0 Å². The summed E-state index contributed by atoms with van der Waals surface area (Å²) in [5.74, 6) is -0.417. The summed E-state index contributed by atoms with van der Waals surface area (Å²) in [5.41, 5.74) is 1.54. The molecule has 0 aromatic carbocycles. The van der Waals surface area contributed by atoms with Crippen LogP contribution in [0.1, 0.15) is 27.8 Å². The highest BCUT2D eigenvalue weighted by atomic mass is 32.2. The number of esters is 1. The third-order valence-corrected chi connectivity index (χ3v) is 5.21. The summed E-state index contributed by atoms with van der Waals surface area (Å²) in [7, 11) is -0.897. The van der Waals surface area contributed by atoms with Crippen molar-refractivity contribution in [1.82, 2.24) is 23.9 Å². The van der Waals surface area contributed by atoms with Gasteiger partial charge in [-0.2, -0.15) is 4.98 Å². The Morgan fingerprint density at radius 3 is 2.69 bits per heavy atom. The van der Waals surface area contributed by atoms with E-state index in [-0.39, 0.29) is 23.3 Å². The highest BCUT2D eigenvalue weighted by molar-refractivity contribution is 7.88. The first-order chi connectivity index (χ1) is 12.2. The Kier molecular flexibility index (Phi) is 4.50. The van der Waals surface area contributed by atoms with Crippen molar-refractivity contribution < 1.29 is 22.4 Å². The molecule has 0 N–H and O–H groups in total. The number of rotatable bonds is 5. The largest absolute Gasteiger partial charge is 0.452 e. The second kappa shape index (κ2) is 6.50. The fourth-order valence-corrected chi connectivity index (χ4v) is 3.02. The number of aromatic nitrogens is 4. The van der Waals surface area contributed by atoms with Crippen molar-refractivity contribution in [2.45, 2.75) is 25.5 Å². The number of carbonyl (C=O) groups excluding carboxylic acids is 1. The van der Waals surface area contributed by atoms with E-state index < -0.39 is 16.0 Å². The minimum atomic E-state index is -3.68. The summed E-state index contributed by atoms with van der Waals surface area (Å²) < 4.78 is 36.7. The maximum atomic E-state index is 12.1. The molecule has 0 saturated carbocycles. The predicted octanol–water partition coefficient (Wildman–Crippen LogP) is 0.941. The molecule has 3 rings (SSSR count). The zero-order valence-corrected chi connectivity index (χ0v) is 15.4. The van der Waals surface area contributed by atoms with Crippen molar-refractivity contribution in [1.29, 1.82) is 0 Å². The number of fused-ring (bicyclic) bond motifs is 1. The topological polar surface area (TPSA) is 120 Å². The number of hydrogen-bond donors (Lipinski definition) is 0. The molecule has 0 atom stereocenters. The number of aryl methyl sites for hydroxylation is 2. The first-order valence-corrected chi connectivity index (χ1v) is 9.02. The fourth-order valence-electron chi connectivity index (χ4n) is 2.21. The molecule has 0 saturated heterocycles. The highest BCUT2D eigenvalue weighted by Gasteiger charge is 2.22. The van der Waals surface area contributed by atoms with Crippen LogP contribution in [0.4, 0.5) is 0 Å². The molecule has 3 aromatic rings. The van der Waals surface area contributed by atoms with E-state index >= 15 is 0 Å². The van der Waals surface area contributed by atoms with Gasteiger partial charge in [-0.1, -0.05) is 0 Å². The number of carbonyl (C=O) groups is 1. The molecule has 138 valence electrons. The monoisotopic (exact) mass is 379 g/mol. The maximum Gasteiger partial charge on any atom is 0.378 e. The summed E-state index contributed by atoms with van der Waals surface area (Å²) in [6.45, 7) is 3.39. The van der Waals surface area contributed by atoms with Gasteiger partial charge in [0.05, 0.1) is 0 Å². The van der Waals surface area contributed by atoms with Crippen LogP contribution in [0.2, 0.25) is 0 Å². The molecule has 0 spiro atoms. The van der Waals surface area contributed by atoms with E-state index in [4.69, 9.17) is 9.15 Å². The lowest BCUT2D eigenvalue weighted by Gasteiger charge is -2.07. The van der Waals surface area contributed by atoms with Gasteiger partial charge in [-0.15, -0.1) is 5.10 Å². The average Bonchev–Trinajstić information content (AvgIpc) is 3.19. The van der Waals surface area contributed by atoms with Crippen LogP contribution in [0, 0.1) is 13.8 Å². The minimum Gasteiger partial charge on any atom is -0.452 e. The van der Waals surface area contributed by atoms with Crippen molar-refractivity contribution >= 4 is 21.8 Å². The smallest absolute Gasteiger partial charge is 0.378 e. The van der Waals surface area contributed by atoms with E-state index in [0.29, 0.717) is 5.78 Å². The van der Waals surface area contributed by atoms with Gasteiger partial charge >= 0.3 is 5.97 Å². The molecular formula is C15H17N5O5S. The molecule has 0 radical (unpaired) electrons. The van der Waals surface area contributed by atoms with E-state index in [9.17, 15) is 13.2 Å². The van der Waals surface area contributed by atoms with Crippen LogP contribution in [-0.2, 0) is 21.4 Å². The van der Waals surface area contributed by atoms with Crippen molar-refractivity contribution in [3.63, 3.8) is 0 Å². The standard InChI is InChI=1S/C15H17N5O5S/c1-9-7-10(2)20-15(16-9)17-13(18-20)14(21)24-8-11-5-6-12(25-11)26(22,23)19(3)4/h5-7H,8H2,1-4H3. The summed E-state index contributed by atoms with van der Waals surface area (Å²) in [5, 5.41) is 3.84. The number of furan rings is 1. The Morgan fingerprint density at radius 2 is 2.00 bits per heavy atom. The van der Waals surface area contributed by atoms with E-state index in [1.54, 1.807) is 0 Å². The van der Waals surface area contributed by atoms with Gasteiger partial charge in [0.25, 0.3) is 21.6 Å². The Morgan fingerprint density at radius 1 is 1.27 bits per heavy atom. The third-order valence-electron chi connectivity index (χ3n) is 3.52. The molecule has 26 heavy (non-hydrogen) atoms. The van der Waals surface area contributed by atoms with Gasteiger partial charge in [-0.25, -0.2) is 27.0 Å². The van der Waals surface area contributed by atoms with Crippen LogP contribution in [0.3, 0.4) is 0 Å². The molecule has 0 aliphatic heterocycles. The average molecular weight is 379 g/mol. The van der Waals surface area contributed by atoms with Gasteiger partial charge in [0.1, 0.15) is 12.4 Å². The number of nitrogens with zero attached hydrogens (tertiary/aromatic N) is 5. The fraction of sp³-hybridized carbons (Fsp3) is 0.333. The van der Waals surface area contributed by atoms with Crippen molar-refractivity contribution in [3.05, 3.63) is 41.2 Å². The molecule has 0 fully saturated rings. The Balaban J connectivity index is 1.74. The number of sulfonamides is 1. The zero-order valence-electron chi connectivity index (χ0n) is 14.6. The van der Waals surface area contributed by atoms with Crippen LogP contribution in [0.25, 0.3) is 5.78 Å². The number of hydrogen-bond acceptors (Lipinski definition) is 8. The van der Waals surface area contributed by atoms with Gasteiger partial charge in [-0.3, -0.25) is 0 Å². The molecule has 0 aliphatic carbocycles. The molecule has 3 heterocycles. The van der Waals surface area contributed by atoms with Gasteiger partial charge in [0, 0.05) is 25.5 Å². The van der Waals surface area contributed by atoms with Crippen LogP contribution >= 0.6 is 0 Å². The molecule has 0 amide bonds. The van der Waals surface area contributed by atoms with Gasteiger partial charge in [0.15, 0.2) is 0 Å². The quantitative estimate of drug-likeness (QED) is 0.601. The van der Waals surface area contributed by atoms with Crippen LogP contribution in [-0.4, -0.2) is 52.4 Å². The Bertz CT molecular complexity index is 1080. The highest BCUT2D eigenvalue weighted by Crippen LogP contribution is 2.17. The first-order valence-electron chi connectivity index (χ1n) is 7.58.